The molecule has 0 saturated carbocycles. The summed E-state index contributed by atoms with van der Waals surface area (Å²) in [4.78, 5) is 16.6. The number of para-hydroxylation sites is 1. The van der Waals surface area contributed by atoms with Crippen molar-refractivity contribution < 1.29 is 13.2 Å². The topological polar surface area (TPSA) is 45.8 Å². The highest BCUT2D eigenvalue weighted by molar-refractivity contribution is 9.10. The molecule has 0 fully saturated rings. The molecule has 84 valence electrons. The number of nitrogens with one attached hydrogen (secondary N) is 1. The van der Waals surface area contributed by atoms with E-state index in [0.717, 1.165) is 0 Å². The Morgan fingerprint density at radius 3 is 2.62 bits per heavy atom. The Morgan fingerprint density at radius 2 is 2.00 bits per heavy atom. The van der Waals surface area contributed by atoms with Crippen LogP contribution in [0.2, 0.25) is 0 Å². The molecule has 0 aliphatic rings. The summed E-state index contributed by atoms with van der Waals surface area (Å²) in [5.74, 6) is 0. The van der Waals surface area contributed by atoms with Crippen molar-refractivity contribution in [3.63, 3.8) is 0 Å². The third kappa shape index (κ3) is 1.82. The number of hydrogen-bond donors (Lipinski definition) is 1. The van der Waals surface area contributed by atoms with Gasteiger partial charge in [0, 0.05) is 4.47 Å². The van der Waals surface area contributed by atoms with E-state index in [1.54, 1.807) is 6.07 Å². The molecule has 0 spiro atoms. The van der Waals surface area contributed by atoms with E-state index >= 15 is 0 Å². The van der Waals surface area contributed by atoms with Gasteiger partial charge in [0.2, 0.25) is 5.69 Å². The van der Waals surface area contributed by atoms with E-state index in [0.29, 0.717) is 4.47 Å². The minimum Gasteiger partial charge on any atom is -0.318 e. The van der Waals surface area contributed by atoms with Gasteiger partial charge >= 0.3 is 6.18 Å². The molecule has 1 aromatic carbocycles. The number of aromatic nitrogens is 2. The minimum absolute atomic E-state index is 0.0845. The van der Waals surface area contributed by atoms with Crippen molar-refractivity contribution in [1.29, 1.82) is 0 Å². The summed E-state index contributed by atoms with van der Waals surface area (Å²) >= 11 is 3.11. The van der Waals surface area contributed by atoms with Gasteiger partial charge in [-0.15, -0.1) is 0 Å². The standard InChI is InChI=1S/C9H4BrF3N2O/c10-4-2-1-3-5-6(4)15-8(16)7(14-5)9(11,12)13/h1-3H,(H,15,16). The highest BCUT2D eigenvalue weighted by atomic mass is 79.9. The first-order valence-corrected chi connectivity index (χ1v) is 4.94. The molecule has 1 heterocycles. The molecule has 1 aromatic heterocycles. The van der Waals surface area contributed by atoms with Crippen molar-refractivity contribution in [1.82, 2.24) is 9.97 Å². The lowest BCUT2D eigenvalue weighted by molar-refractivity contribution is -0.142. The van der Waals surface area contributed by atoms with Gasteiger partial charge in [-0.05, 0) is 28.1 Å². The van der Waals surface area contributed by atoms with E-state index in [2.05, 4.69) is 25.9 Å². The van der Waals surface area contributed by atoms with Crippen LogP contribution in [-0.4, -0.2) is 9.97 Å². The Bertz CT molecular complexity index is 606. The molecule has 7 heteroatoms. The molecule has 0 radical (unpaired) electrons. The number of hydrogen-bond acceptors (Lipinski definition) is 2. The fraction of sp³-hybridized carbons (Fsp3) is 0.111. The predicted octanol–water partition coefficient (Wildman–Crippen LogP) is 2.70. The molecule has 3 nitrogen and oxygen atoms in total. The van der Waals surface area contributed by atoms with Gasteiger partial charge in [0.05, 0.1) is 11.0 Å². The summed E-state index contributed by atoms with van der Waals surface area (Å²) in [6.07, 6.45) is -4.75. The van der Waals surface area contributed by atoms with Crippen molar-refractivity contribution >= 4 is 27.0 Å². The monoisotopic (exact) mass is 292 g/mol. The molecular formula is C9H4BrF3N2O. The zero-order valence-electron chi connectivity index (χ0n) is 7.60. The minimum atomic E-state index is -4.75. The molecule has 0 unspecified atom stereocenters. The SMILES string of the molecule is O=c1[nH]c2c(Br)cccc2nc1C(F)(F)F. The van der Waals surface area contributed by atoms with Crippen LogP contribution in [-0.2, 0) is 6.18 Å². The van der Waals surface area contributed by atoms with E-state index in [-0.39, 0.29) is 11.0 Å². The predicted molar refractivity (Wildman–Crippen MR) is 55.1 cm³/mol. The summed E-state index contributed by atoms with van der Waals surface area (Å²) in [6.45, 7) is 0. The number of nitrogens with zero attached hydrogens (tertiary/aromatic N) is 1. The van der Waals surface area contributed by atoms with Crippen LogP contribution < -0.4 is 5.56 Å². The number of halogens is 4. The quantitative estimate of drug-likeness (QED) is 0.811. The highest BCUT2D eigenvalue weighted by Gasteiger charge is 2.36. The smallest absolute Gasteiger partial charge is 0.318 e. The third-order valence-electron chi connectivity index (χ3n) is 1.95. The zero-order valence-corrected chi connectivity index (χ0v) is 9.19. The van der Waals surface area contributed by atoms with Gasteiger partial charge in [0.1, 0.15) is 0 Å². The van der Waals surface area contributed by atoms with Crippen LogP contribution in [0.4, 0.5) is 13.2 Å². The summed E-state index contributed by atoms with van der Waals surface area (Å²) in [7, 11) is 0. The Morgan fingerprint density at radius 1 is 1.31 bits per heavy atom. The third-order valence-corrected chi connectivity index (χ3v) is 2.61. The normalized spacial score (nSPS) is 12.0. The molecule has 2 aromatic rings. The van der Waals surface area contributed by atoms with E-state index in [4.69, 9.17) is 0 Å². The lowest BCUT2D eigenvalue weighted by atomic mass is 10.3. The largest absolute Gasteiger partial charge is 0.438 e. The van der Waals surface area contributed by atoms with Crippen LogP contribution in [0.1, 0.15) is 5.69 Å². The number of fused-ring (bicyclic) bond motifs is 1. The Hall–Kier alpha value is -1.37. The number of aromatic amines is 1. The average molecular weight is 293 g/mol. The van der Waals surface area contributed by atoms with Crippen molar-refractivity contribution in [3.05, 3.63) is 38.7 Å². The van der Waals surface area contributed by atoms with Crippen LogP contribution in [0.3, 0.4) is 0 Å². The first-order valence-electron chi connectivity index (χ1n) is 4.15. The van der Waals surface area contributed by atoms with Crippen LogP contribution in [0.5, 0.6) is 0 Å². The van der Waals surface area contributed by atoms with Gasteiger partial charge in [0.25, 0.3) is 5.56 Å². The van der Waals surface area contributed by atoms with Crippen molar-refractivity contribution in [2.24, 2.45) is 0 Å². The first-order chi connectivity index (χ1) is 7.39. The maximum Gasteiger partial charge on any atom is 0.438 e. The number of rotatable bonds is 0. The highest BCUT2D eigenvalue weighted by Crippen LogP contribution is 2.27. The Balaban J connectivity index is 2.83. The molecule has 16 heavy (non-hydrogen) atoms. The second-order valence-corrected chi connectivity index (χ2v) is 3.90. The lowest BCUT2D eigenvalue weighted by Crippen LogP contribution is -2.23. The van der Waals surface area contributed by atoms with Crippen molar-refractivity contribution in [2.75, 3.05) is 0 Å². The van der Waals surface area contributed by atoms with Crippen molar-refractivity contribution in [3.8, 4) is 0 Å². The number of H-pyrrole nitrogens is 1. The first kappa shape index (κ1) is 11.1. The maximum atomic E-state index is 12.4. The van der Waals surface area contributed by atoms with E-state index in [1.807, 2.05) is 0 Å². The molecule has 0 saturated heterocycles. The van der Waals surface area contributed by atoms with E-state index in [1.165, 1.54) is 12.1 Å². The molecular weight excluding hydrogens is 289 g/mol. The average Bonchev–Trinajstić information content (AvgIpc) is 2.17. The molecule has 0 aliphatic carbocycles. The fourth-order valence-electron chi connectivity index (χ4n) is 1.27. The number of alkyl halides is 3. The maximum absolute atomic E-state index is 12.4. The second kappa shape index (κ2) is 3.58. The fourth-order valence-corrected chi connectivity index (χ4v) is 1.72. The molecule has 0 amide bonds. The van der Waals surface area contributed by atoms with Crippen LogP contribution in [0.15, 0.2) is 27.5 Å². The summed E-state index contributed by atoms with van der Waals surface area (Å²) in [5, 5.41) is 0. The van der Waals surface area contributed by atoms with E-state index < -0.39 is 17.4 Å². The van der Waals surface area contributed by atoms with Gasteiger partial charge in [0.15, 0.2) is 0 Å². The molecule has 2 rings (SSSR count). The van der Waals surface area contributed by atoms with Gasteiger partial charge < -0.3 is 4.98 Å². The Labute approximate surface area is 95.4 Å². The summed E-state index contributed by atoms with van der Waals surface area (Å²) in [5.41, 5.74) is -2.34. The second-order valence-electron chi connectivity index (χ2n) is 3.05. The van der Waals surface area contributed by atoms with Crippen LogP contribution >= 0.6 is 15.9 Å². The summed E-state index contributed by atoms with van der Waals surface area (Å²) in [6, 6.07) is 4.54. The molecule has 0 aliphatic heterocycles. The van der Waals surface area contributed by atoms with Gasteiger partial charge in [-0.3, -0.25) is 4.79 Å². The molecule has 0 bridgehead atoms. The zero-order chi connectivity index (χ0) is 11.9. The molecule has 1 N–H and O–H groups in total. The summed E-state index contributed by atoms with van der Waals surface area (Å²) < 4.78 is 37.6. The molecule has 0 atom stereocenters. The van der Waals surface area contributed by atoms with Gasteiger partial charge in [-0.1, -0.05) is 6.07 Å². The van der Waals surface area contributed by atoms with E-state index in [9.17, 15) is 18.0 Å². The van der Waals surface area contributed by atoms with Gasteiger partial charge in [-0.2, -0.15) is 13.2 Å². The van der Waals surface area contributed by atoms with Crippen LogP contribution in [0, 0.1) is 0 Å². The lowest BCUT2D eigenvalue weighted by Gasteiger charge is -2.06. The number of benzene rings is 1. The van der Waals surface area contributed by atoms with Crippen LogP contribution in [0.25, 0.3) is 11.0 Å². The van der Waals surface area contributed by atoms with Gasteiger partial charge in [-0.25, -0.2) is 4.98 Å². The Kier molecular flexibility index (Phi) is 2.49. The van der Waals surface area contributed by atoms with Crippen molar-refractivity contribution in [2.45, 2.75) is 6.18 Å².